The van der Waals surface area contributed by atoms with E-state index in [1.54, 1.807) is 31.6 Å². The molecule has 0 bridgehead atoms. The first-order valence-corrected chi connectivity index (χ1v) is 10.1. The number of carbonyl (C=O) groups is 1. The molecule has 0 spiro atoms. The standard InChI is InChI=1S/C23H16ClN5O3/c1-31-16-8-9-20-17(11-16)18(13-29(20)12-14-4-6-15(24)7-5-14)21(30)23-26-22(28-32-23)19-3-2-10-25-27-19/h2-11,13H,12H2,1H3. The summed E-state index contributed by atoms with van der Waals surface area (Å²) in [7, 11) is 1.58. The second-order valence-corrected chi connectivity index (χ2v) is 7.48. The van der Waals surface area contributed by atoms with E-state index in [-0.39, 0.29) is 17.5 Å². The summed E-state index contributed by atoms with van der Waals surface area (Å²) in [5, 5.41) is 13.0. The molecule has 9 heteroatoms. The minimum Gasteiger partial charge on any atom is -0.497 e. The molecule has 0 unspecified atom stereocenters. The van der Waals surface area contributed by atoms with E-state index < -0.39 is 0 Å². The van der Waals surface area contributed by atoms with Gasteiger partial charge >= 0.3 is 0 Å². The smallest absolute Gasteiger partial charge is 0.299 e. The largest absolute Gasteiger partial charge is 0.497 e. The van der Waals surface area contributed by atoms with E-state index in [1.807, 2.05) is 47.0 Å². The van der Waals surface area contributed by atoms with Crippen molar-refractivity contribution < 1.29 is 14.1 Å². The maximum absolute atomic E-state index is 13.3. The lowest BCUT2D eigenvalue weighted by Gasteiger charge is -2.06. The van der Waals surface area contributed by atoms with Crippen LogP contribution in [-0.4, -0.2) is 37.8 Å². The van der Waals surface area contributed by atoms with Crippen LogP contribution in [0, 0.1) is 0 Å². The number of fused-ring (bicyclic) bond motifs is 1. The molecule has 0 amide bonds. The average Bonchev–Trinajstić information content (AvgIpc) is 3.46. The van der Waals surface area contributed by atoms with Crippen molar-refractivity contribution in [2.75, 3.05) is 7.11 Å². The number of hydrogen-bond acceptors (Lipinski definition) is 7. The zero-order valence-electron chi connectivity index (χ0n) is 16.9. The fraction of sp³-hybridized carbons (Fsp3) is 0.0870. The van der Waals surface area contributed by atoms with Crippen molar-refractivity contribution >= 4 is 28.3 Å². The maximum Gasteiger partial charge on any atom is 0.299 e. The van der Waals surface area contributed by atoms with Crippen molar-refractivity contribution in [1.82, 2.24) is 24.9 Å². The number of hydrogen-bond donors (Lipinski definition) is 0. The first-order valence-electron chi connectivity index (χ1n) is 9.70. The van der Waals surface area contributed by atoms with Crippen LogP contribution in [0.4, 0.5) is 0 Å². The Morgan fingerprint density at radius 1 is 1.16 bits per heavy atom. The molecule has 0 aliphatic rings. The lowest BCUT2D eigenvalue weighted by Crippen LogP contribution is -2.02. The molecule has 5 rings (SSSR count). The molecule has 5 aromatic rings. The summed E-state index contributed by atoms with van der Waals surface area (Å²) in [6.45, 7) is 0.558. The van der Waals surface area contributed by atoms with Gasteiger partial charge in [-0.05, 0) is 48.0 Å². The van der Waals surface area contributed by atoms with E-state index in [9.17, 15) is 4.79 Å². The quantitative estimate of drug-likeness (QED) is 0.357. The van der Waals surface area contributed by atoms with Gasteiger partial charge in [-0.15, -0.1) is 5.10 Å². The van der Waals surface area contributed by atoms with Gasteiger partial charge < -0.3 is 13.8 Å². The lowest BCUT2D eigenvalue weighted by atomic mass is 10.1. The van der Waals surface area contributed by atoms with E-state index in [2.05, 4.69) is 20.3 Å². The molecule has 0 saturated heterocycles. The molecule has 0 saturated carbocycles. The Labute approximate surface area is 187 Å². The molecule has 0 fully saturated rings. The zero-order chi connectivity index (χ0) is 22.1. The first-order chi connectivity index (χ1) is 15.6. The van der Waals surface area contributed by atoms with Crippen LogP contribution in [0.3, 0.4) is 0 Å². The molecule has 0 aliphatic heterocycles. The number of halogens is 1. The van der Waals surface area contributed by atoms with Crippen LogP contribution in [0.15, 0.2) is 71.5 Å². The topological polar surface area (TPSA) is 95.9 Å². The molecular weight excluding hydrogens is 430 g/mol. The van der Waals surface area contributed by atoms with Gasteiger partial charge in [-0.2, -0.15) is 10.1 Å². The fourth-order valence-electron chi connectivity index (χ4n) is 3.46. The molecule has 0 atom stereocenters. The average molecular weight is 446 g/mol. The van der Waals surface area contributed by atoms with Crippen molar-refractivity contribution in [3.63, 3.8) is 0 Å². The molecule has 3 aromatic heterocycles. The molecule has 0 aliphatic carbocycles. The van der Waals surface area contributed by atoms with Gasteiger partial charge in [0.25, 0.3) is 11.7 Å². The monoisotopic (exact) mass is 445 g/mol. The van der Waals surface area contributed by atoms with Crippen LogP contribution < -0.4 is 4.74 Å². The Bertz CT molecular complexity index is 1410. The predicted molar refractivity (Wildman–Crippen MR) is 118 cm³/mol. The van der Waals surface area contributed by atoms with E-state index in [4.69, 9.17) is 20.9 Å². The van der Waals surface area contributed by atoms with Crippen molar-refractivity contribution in [1.29, 1.82) is 0 Å². The van der Waals surface area contributed by atoms with Gasteiger partial charge in [0, 0.05) is 34.9 Å². The number of ether oxygens (including phenoxy) is 1. The third kappa shape index (κ3) is 3.72. The minimum absolute atomic E-state index is 0.126. The highest BCUT2D eigenvalue weighted by molar-refractivity contribution is 6.30. The Morgan fingerprint density at radius 3 is 2.75 bits per heavy atom. The minimum atomic E-state index is -0.388. The van der Waals surface area contributed by atoms with Crippen molar-refractivity contribution in [3.8, 4) is 17.3 Å². The van der Waals surface area contributed by atoms with Crippen molar-refractivity contribution in [2.45, 2.75) is 6.54 Å². The van der Waals surface area contributed by atoms with Gasteiger partial charge in [0.2, 0.25) is 5.82 Å². The number of aromatic nitrogens is 5. The highest BCUT2D eigenvalue weighted by Crippen LogP contribution is 2.29. The van der Waals surface area contributed by atoms with E-state index in [0.717, 1.165) is 16.5 Å². The van der Waals surface area contributed by atoms with E-state index in [1.165, 1.54) is 0 Å². The number of benzene rings is 2. The molecule has 2 aromatic carbocycles. The van der Waals surface area contributed by atoms with Crippen LogP contribution >= 0.6 is 11.6 Å². The third-order valence-electron chi connectivity index (χ3n) is 5.02. The lowest BCUT2D eigenvalue weighted by molar-refractivity contribution is 0.0995. The number of nitrogens with zero attached hydrogens (tertiary/aromatic N) is 5. The number of methoxy groups -OCH3 is 1. The van der Waals surface area contributed by atoms with Gasteiger partial charge in [-0.3, -0.25) is 4.79 Å². The summed E-state index contributed by atoms with van der Waals surface area (Å²) in [4.78, 5) is 17.5. The van der Waals surface area contributed by atoms with Gasteiger partial charge in [0.05, 0.1) is 12.7 Å². The Morgan fingerprint density at radius 2 is 2.00 bits per heavy atom. The summed E-state index contributed by atoms with van der Waals surface area (Å²) < 4.78 is 12.6. The zero-order valence-corrected chi connectivity index (χ0v) is 17.7. The second kappa shape index (κ2) is 8.24. The molecule has 8 nitrogen and oxygen atoms in total. The molecular formula is C23H16ClN5O3. The highest BCUT2D eigenvalue weighted by Gasteiger charge is 2.23. The van der Waals surface area contributed by atoms with Gasteiger partial charge in [0.1, 0.15) is 11.4 Å². The molecule has 158 valence electrons. The Kier molecular flexibility index (Phi) is 5.12. The molecule has 0 N–H and O–H groups in total. The van der Waals surface area contributed by atoms with Crippen LogP contribution in [0.25, 0.3) is 22.4 Å². The number of carbonyl (C=O) groups excluding carboxylic acids is 1. The normalized spacial score (nSPS) is 11.1. The summed E-state index contributed by atoms with van der Waals surface area (Å²) >= 11 is 6.01. The summed E-state index contributed by atoms with van der Waals surface area (Å²) in [6.07, 6.45) is 3.33. The SMILES string of the molecule is COc1ccc2c(c1)c(C(=O)c1nc(-c3cccnn3)no1)cn2Cc1ccc(Cl)cc1. The molecule has 3 heterocycles. The van der Waals surface area contributed by atoms with Crippen molar-refractivity contribution in [2.24, 2.45) is 0 Å². The summed E-state index contributed by atoms with van der Waals surface area (Å²) in [5.74, 6) is 0.324. The van der Waals surface area contributed by atoms with Crippen LogP contribution in [-0.2, 0) is 6.54 Å². The summed E-state index contributed by atoms with van der Waals surface area (Å²) in [6, 6.07) is 16.6. The van der Waals surface area contributed by atoms with Gasteiger partial charge in [-0.1, -0.05) is 28.9 Å². The van der Waals surface area contributed by atoms with Crippen LogP contribution in [0.1, 0.15) is 21.8 Å². The summed E-state index contributed by atoms with van der Waals surface area (Å²) in [5.41, 5.74) is 2.77. The molecule has 0 radical (unpaired) electrons. The Balaban J connectivity index is 1.56. The van der Waals surface area contributed by atoms with Crippen LogP contribution in [0.5, 0.6) is 5.75 Å². The predicted octanol–water partition coefficient (Wildman–Crippen LogP) is 4.42. The van der Waals surface area contributed by atoms with Gasteiger partial charge in [0.15, 0.2) is 0 Å². The third-order valence-corrected chi connectivity index (χ3v) is 5.27. The second-order valence-electron chi connectivity index (χ2n) is 7.04. The highest BCUT2D eigenvalue weighted by atomic mass is 35.5. The van der Waals surface area contributed by atoms with E-state index >= 15 is 0 Å². The van der Waals surface area contributed by atoms with Gasteiger partial charge in [-0.25, -0.2) is 0 Å². The number of rotatable bonds is 6. The maximum atomic E-state index is 13.3. The Hall–Kier alpha value is -4.04. The van der Waals surface area contributed by atoms with Crippen LogP contribution in [0.2, 0.25) is 5.02 Å². The van der Waals surface area contributed by atoms with Crippen molar-refractivity contribution in [3.05, 3.63) is 89.0 Å². The number of ketones is 1. The van der Waals surface area contributed by atoms with E-state index in [0.29, 0.717) is 28.6 Å². The first kappa shape index (κ1) is 19.9. The fourth-order valence-corrected chi connectivity index (χ4v) is 3.58. The molecule has 32 heavy (non-hydrogen) atoms.